The van der Waals surface area contributed by atoms with Crippen molar-refractivity contribution in [2.24, 2.45) is 5.92 Å². The minimum absolute atomic E-state index is 0.0492. The number of hydrogen-bond acceptors (Lipinski definition) is 4. The quantitative estimate of drug-likeness (QED) is 0.765. The van der Waals surface area contributed by atoms with Crippen molar-refractivity contribution in [3.05, 3.63) is 41.1 Å². The van der Waals surface area contributed by atoms with E-state index in [9.17, 15) is 9.59 Å². The molecular formula is C22H28N2O3. The molecule has 0 aromatic heterocycles. The first-order valence-corrected chi connectivity index (χ1v) is 10.2. The van der Waals surface area contributed by atoms with Gasteiger partial charge in [-0.1, -0.05) is 19.1 Å². The van der Waals surface area contributed by atoms with Gasteiger partial charge in [-0.15, -0.1) is 0 Å². The molecule has 0 saturated carbocycles. The Hall–Kier alpha value is -2.14. The number of rotatable bonds is 4. The highest BCUT2D eigenvalue weighted by molar-refractivity contribution is 6.21. The number of allylic oxidation sites excluding steroid dienone is 1. The van der Waals surface area contributed by atoms with Crippen LogP contribution in [0.4, 0.5) is 5.69 Å². The van der Waals surface area contributed by atoms with Crippen LogP contribution in [0.3, 0.4) is 0 Å². The van der Waals surface area contributed by atoms with E-state index in [0.29, 0.717) is 12.1 Å². The van der Waals surface area contributed by atoms with Crippen LogP contribution in [0.25, 0.3) is 0 Å². The summed E-state index contributed by atoms with van der Waals surface area (Å²) in [4.78, 5) is 29.7. The number of benzene rings is 1. The number of carbonyl (C=O) groups is 2. The average molecular weight is 368 g/mol. The third-order valence-electron chi connectivity index (χ3n) is 6.04. The Morgan fingerprint density at radius 3 is 2.44 bits per heavy atom. The van der Waals surface area contributed by atoms with E-state index in [1.54, 1.807) is 0 Å². The molecule has 2 saturated heterocycles. The van der Waals surface area contributed by atoms with E-state index in [1.165, 1.54) is 21.7 Å². The number of ether oxygens (including phenoxy) is 1. The maximum absolute atomic E-state index is 13.2. The summed E-state index contributed by atoms with van der Waals surface area (Å²) in [5, 5.41) is 0. The first-order chi connectivity index (χ1) is 13.2. The van der Waals surface area contributed by atoms with Gasteiger partial charge in [-0.25, -0.2) is 0 Å². The van der Waals surface area contributed by atoms with Gasteiger partial charge in [0.2, 0.25) is 11.8 Å². The van der Waals surface area contributed by atoms with Gasteiger partial charge in [0.25, 0.3) is 0 Å². The van der Waals surface area contributed by atoms with Crippen molar-refractivity contribution < 1.29 is 14.3 Å². The topological polar surface area (TPSA) is 49.9 Å². The van der Waals surface area contributed by atoms with Crippen LogP contribution in [0.1, 0.15) is 44.6 Å². The third kappa shape index (κ3) is 3.53. The van der Waals surface area contributed by atoms with Gasteiger partial charge in [0, 0.05) is 25.2 Å². The van der Waals surface area contributed by atoms with Crippen molar-refractivity contribution in [2.45, 2.75) is 45.4 Å². The second-order valence-corrected chi connectivity index (χ2v) is 7.62. The van der Waals surface area contributed by atoms with Crippen molar-refractivity contribution in [2.75, 3.05) is 31.2 Å². The van der Waals surface area contributed by atoms with Crippen LogP contribution in [0, 0.1) is 5.92 Å². The molecule has 2 amide bonds. The van der Waals surface area contributed by atoms with Gasteiger partial charge in [-0.3, -0.25) is 14.5 Å². The first-order valence-electron chi connectivity index (χ1n) is 10.2. The van der Waals surface area contributed by atoms with Crippen molar-refractivity contribution in [3.8, 4) is 0 Å². The van der Waals surface area contributed by atoms with Crippen molar-refractivity contribution in [1.29, 1.82) is 0 Å². The predicted octanol–water partition coefficient (Wildman–Crippen LogP) is 3.29. The molecule has 2 aliphatic heterocycles. The van der Waals surface area contributed by atoms with Crippen LogP contribution in [-0.2, 0) is 20.7 Å². The highest BCUT2D eigenvalue weighted by Crippen LogP contribution is 2.39. The lowest BCUT2D eigenvalue weighted by atomic mass is 9.85. The number of carbonyl (C=O) groups excluding carboxylic acids is 2. The van der Waals surface area contributed by atoms with Crippen molar-refractivity contribution in [1.82, 2.24) is 4.90 Å². The Balaban J connectivity index is 1.62. The zero-order valence-electron chi connectivity index (χ0n) is 16.1. The Labute approximate surface area is 161 Å². The SMILES string of the molecule is CCc1ccc(N2C(=O)C[C@H](C3=C(N4CCOCC4)CCCC3)C2=O)cc1. The minimum atomic E-state index is -0.290. The highest BCUT2D eigenvalue weighted by atomic mass is 16.5. The second-order valence-electron chi connectivity index (χ2n) is 7.62. The Morgan fingerprint density at radius 1 is 1.04 bits per heavy atom. The molecule has 0 radical (unpaired) electrons. The van der Waals surface area contributed by atoms with E-state index in [4.69, 9.17) is 4.74 Å². The zero-order valence-corrected chi connectivity index (χ0v) is 16.1. The number of imide groups is 1. The van der Waals surface area contributed by atoms with E-state index in [1.807, 2.05) is 24.3 Å². The number of nitrogens with zero attached hydrogens (tertiary/aromatic N) is 2. The monoisotopic (exact) mass is 368 g/mol. The molecule has 1 aromatic carbocycles. The number of morpholine rings is 1. The molecule has 2 heterocycles. The largest absolute Gasteiger partial charge is 0.378 e. The number of hydrogen-bond donors (Lipinski definition) is 0. The van der Waals surface area contributed by atoms with E-state index >= 15 is 0 Å². The summed E-state index contributed by atoms with van der Waals surface area (Å²) in [5.74, 6) is -0.415. The zero-order chi connectivity index (χ0) is 18.8. The van der Waals surface area contributed by atoms with Crippen LogP contribution in [0.2, 0.25) is 0 Å². The van der Waals surface area contributed by atoms with Gasteiger partial charge in [0.05, 0.1) is 24.8 Å². The molecule has 0 N–H and O–H groups in total. The smallest absolute Gasteiger partial charge is 0.241 e. The van der Waals surface area contributed by atoms with Gasteiger partial charge in [0.15, 0.2) is 0 Å². The number of aryl methyl sites for hydroxylation is 1. The molecule has 5 nitrogen and oxygen atoms in total. The van der Waals surface area contributed by atoms with Crippen LogP contribution in [0.5, 0.6) is 0 Å². The second kappa shape index (κ2) is 7.85. The highest BCUT2D eigenvalue weighted by Gasteiger charge is 2.43. The van der Waals surface area contributed by atoms with Crippen LogP contribution in [-0.4, -0.2) is 43.0 Å². The van der Waals surface area contributed by atoms with E-state index < -0.39 is 0 Å². The lowest BCUT2D eigenvalue weighted by Gasteiger charge is -2.36. The molecule has 0 unspecified atom stereocenters. The normalized spacial score (nSPS) is 24.1. The summed E-state index contributed by atoms with van der Waals surface area (Å²) in [6.07, 6.45) is 5.45. The minimum Gasteiger partial charge on any atom is -0.378 e. The Kier molecular flexibility index (Phi) is 5.30. The summed E-state index contributed by atoms with van der Waals surface area (Å²) >= 11 is 0. The molecule has 144 valence electrons. The molecule has 0 bridgehead atoms. The standard InChI is InChI=1S/C22H28N2O3/c1-2-16-7-9-17(10-8-16)24-21(25)15-19(22(24)26)18-5-3-4-6-20(18)23-11-13-27-14-12-23/h7-10,19H,2-6,11-15H2,1H3/t19-/m1/s1. The van der Waals surface area contributed by atoms with Gasteiger partial charge >= 0.3 is 0 Å². The molecule has 3 aliphatic rings. The molecular weight excluding hydrogens is 340 g/mol. The summed E-state index contributed by atoms with van der Waals surface area (Å²) < 4.78 is 5.49. The summed E-state index contributed by atoms with van der Waals surface area (Å²) in [5.41, 5.74) is 4.42. The number of anilines is 1. The van der Waals surface area contributed by atoms with Gasteiger partial charge < -0.3 is 9.64 Å². The molecule has 0 spiro atoms. The van der Waals surface area contributed by atoms with Crippen LogP contribution < -0.4 is 4.90 Å². The molecule has 1 atom stereocenters. The average Bonchev–Trinajstić information content (AvgIpc) is 3.02. The lowest BCUT2D eigenvalue weighted by Crippen LogP contribution is -2.38. The summed E-state index contributed by atoms with van der Waals surface area (Å²) in [6, 6.07) is 7.80. The van der Waals surface area contributed by atoms with Gasteiger partial charge in [-0.05, 0) is 55.4 Å². The molecule has 27 heavy (non-hydrogen) atoms. The predicted molar refractivity (Wildman–Crippen MR) is 104 cm³/mol. The Morgan fingerprint density at radius 2 is 1.74 bits per heavy atom. The molecule has 1 aliphatic carbocycles. The fraction of sp³-hybridized carbons (Fsp3) is 0.545. The van der Waals surface area contributed by atoms with Gasteiger partial charge in [-0.2, -0.15) is 0 Å². The summed E-state index contributed by atoms with van der Waals surface area (Å²) in [6.45, 7) is 5.35. The molecule has 5 heteroatoms. The molecule has 4 rings (SSSR count). The third-order valence-corrected chi connectivity index (χ3v) is 6.04. The fourth-order valence-electron chi connectivity index (χ4n) is 4.54. The Bertz CT molecular complexity index is 747. The van der Waals surface area contributed by atoms with Crippen LogP contribution in [0.15, 0.2) is 35.5 Å². The van der Waals surface area contributed by atoms with E-state index in [2.05, 4.69) is 11.8 Å². The van der Waals surface area contributed by atoms with Crippen molar-refractivity contribution >= 4 is 17.5 Å². The summed E-state index contributed by atoms with van der Waals surface area (Å²) in [7, 11) is 0. The first kappa shape index (κ1) is 18.2. The molecule has 1 aromatic rings. The van der Waals surface area contributed by atoms with Gasteiger partial charge in [0.1, 0.15) is 0 Å². The fourth-order valence-corrected chi connectivity index (χ4v) is 4.54. The van der Waals surface area contributed by atoms with E-state index in [0.717, 1.165) is 58.4 Å². The lowest BCUT2D eigenvalue weighted by molar-refractivity contribution is -0.121. The van der Waals surface area contributed by atoms with E-state index in [-0.39, 0.29) is 17.7 Å². The van der Waals surface area contributed by atoms with Crippen LogP contribution >= 0.6 is 0 Å². The maximum Gasteiger partial charge on any atom is 0.241 e. The number of amides is 2. The molecule has 2 fully saturated rings. The van der Waals surface area contributed by atoms with Crippen molar-refractivity contribution in [3.63, 3.8) is 0 Å². The maximum atomic E-state index is 13.2.